The van der Waals surface area contributed by atoms with E-state index in [9.17, 15) is 23.1 Å². The third kappa shape index (κ3) is 5.03. The maximum atomic E-state index is 13.0. The number of halogens is 3. The van der Waals surface area contributed by atoms with Crippen LogP contribution >= 0.6 is 0 Å². The van der Waals surface area contributed by atoms with Gasteiger partial charge < -0.3 is 14.7 Å². The number of rotatable bonds is 4. The first-order chi connectivity index (χ1) is 14.7. The monoisotopic (exact) mass is 433 g/mol. The topological polar surface area (TPSA) is 49.8 Å². The van der Waals surface area contributed by atoms with Crippen LogP contribution in [0.2, 0.25) is 0 Å². The highest BCUT2D eigenvalue weighted by Gasteiger charge is 2.48. The molecular weight excluding hydrogens is 407 g/mol. The van der Waals surface area contributed by atoms with Crippen LogP contribution in [0.1, 0.15) is 48.8 Å². The molecule has 166 valence electrons. The van der Waals surface area contributed by atoms with Crippen LogP contribution in [0.5, 0.6) is 0 Å². The van der Waals surface area contributed by atoms with E-state index in [1.54, 1.807) is 11.0 Å². The Morgan fingerprint density at radius 3 is 2.32 bits per heavy atom. The van der Waals surface area contributed by atoms with Gasteiger partial charge in [-0.25, -0.2) is 4.79 Å². The van der Waals surface area contributed by atoms with E-state index < -0.39 is 17.3 Å². The minimum atomic E-state index is -4.42. The average molecular weight is 433 g/mol. The zero-order valence-electron chi connectivity index (χ0n) is 17.1. The first kappa shape index (κ1) is 21.7. The number of benzene rings is 2. The molecule has 2 unspecified atom stereocenters. The smallest absolute Gasteiger partial charge is 0.416 e. The first-order valence-electron chi connectivity index (χ1n) is 10.6. The second kappa shape index (κ2) is 8.54. The van der Waals surface area contributed by atoms with E-state index in [-0.39, 0.29) is 31.2 Å². The standard InChI is InChI=1S/C24H26F3NO3/c25-24(26,27)19-9-4-8-18(12-19)13-23(30)14-20-10-5-11-21(15-23)28(20)22(29)31-16-17-6-2-1-3-7-17/h1-4,6-9,12,20-21,30H,5,10-11,13-16H2. The van der Waals surface area contributed by atoms with Crippen LogP contribution < -0.4 is 0 Å². The van der Waals surface area contributed by atoms with Gasteiger partial charge in [-0.05, 0) is 49.3 Å². The molecule has 0 saturated carbocycles. The fourth-order valence-electron chi connectivity index (χ4n) is 5.00. The number of nitrogens with zero attached hydrogens (tertiary/aromatic N) is 1. The zero-order valence-corrected chi connectivity index (χ0v) is 17.1. The number of aliphatic hydroxyl groups is 1. The fraction of sp³-hybridized carbons (Fsp3) is 0.458. The van der Waals surface area contributed by atoms with E-state index in [2.05, 4.69) is 0 Å². The molecule has 0 aliphatic carbocycles. The van der Waals surface area contributed by atoms with E-state index in [0.29, 0.717) is 18.4 Å². The van der Waals surface area contributed by atoms with Crippen LogP contribution in [0.3, 0.4) is 0 Å². The summed E-state index contributed by atoms with van der Waals surface area (Å²) in [5.41, 5.74) is -0.499. The van der Waals surface area contributed by atoms with Crippen molar-refractivity contribution in [2.75, 3.05) is 0 Å². The summed E-state index contributed by atoms with van der Waals surface area (Å²) in [5.74, 6) is 0. The summed E-state index contributed by atoms with van der Waals surface area (Å²) in [6.45, 7) is 0.185. The SMILES string of the molecule is O=C(OCc1ccccc1)N1C2CCCC1CC(O)(Cc1cccc(C(F)(F)F)c1)C2. The lowest BCUT2D eigenvalue weighted by Crippen LogP contribution is -2.60. The Morgan fingerprint density at radius 2 is 1.68 bits per heavy atom. The fourth-order valence-corrected chi connectivity index (χ4v) is 5.00. The normalized spacial score (nSPS) is 25.9. The number of carbonyl (C=O) groups is 1. The highest BCUT2D eigenvalue weighted by Crippen LogP contribution is 2.41. The van der Waals surface area contributed by atoms with Crippen LogP contribution in [0.25, 0.3) is 0 Å². The average Bonchev–Trinajstić information content (AvgIpc) is 2.71. The van der Waals surface area contributed by atoms with E-state index in [1.165, 1.54) is 6.07 Å². The molecule has 2 heterocycles. The summed E-state index contributed by atoms with van der Waals surface area (Å²) >= 11 is 0. The van der Waals surface area contributed by atoms with Crippen molar-refractivity contribution in [2.24, 2.45) is 0 Å². The van der Waals surface area contributed by atoms with E-state index in [1.807, 2.05) is 30.3 Å². The second-order valence-corrected chi connectivity index (χ2v) is 8.69. The van der Waals surface area contributed by atoms with E-state index in [4.69, 9.17) is 4.74 Å². The van der Waals surface area contributed by atoms with Gasteiger partial charge in [0.25, 0.3) is 0 Å². The van der Waals surface area contributed by atoms with Gasteiger partial charge >= 0.3 is 12.3 Å². The van der Waals surface area contributed by atoms with Gasteiger partial charge in [0.1, 0.15) is 6.61 Å². The number of carbonyl (C=O) groups excluding carboxylic acids is 1. The van der Waals surface area contributed by atoms with Crippen LogP contribution in [0.4, 0.5) is 18.0 Å². The predicted octanol–water partition coefficient (Wildman–Crippen LogP) is 5.33. The van der Waals surface area contributed by atoms with Crippen LogP contribution in [-0.2, 0) is 23.9 Å². The molecule has 4 rings (SSSR count). The first-order valence-corrected chi connectivity index (χ1v) is 10.6. The lowest BCUT2D eigenvalue weighted by atomic mass is 9.73. The number of ether oxygens (including phenoxy) is 1. The largest absolute Gasteiger partial charge is 0.445 e. The number of fused-ring (bicyclic) bond motifs is 2. The molecule has 2 aliphatic heterocycles. The van der Waals surface area contributed by atoms with Gasteiger partial charge in [0, 0.05) is 18.5 Å². The third-order valence-electron chi connectivity index (χ3n) is 6.30. The molecule has 7 heteroatoms. The summed E-state index contributed by atoms with van der Waals surface area (Å²) in [7, 11) is 0. The maximum Gasteiger partial charge on any atom is 0.416 e. The lowest BCUT2D eigenvalue weighted by molar-refractivity contribution is -0.137. The molecule has 1 N–H and O–H groups in total. The minimum Gasteiger partial charge on any atom is -0.445 e. The molecule has 2 fully saturated rings. The highest BCUT2D eigenvalue weighted by molar-refractivity contribution is 5.69. The van der Waals surface area contributed by atoms with Crippen LogP contribution in [0.15, 0.2) is 54.6 Å². The van der Waals surface area contributed by atoms with E-state index in [0.717, 1.165) is 37.0 Å². The summed E-state index contributed by atoms with van der Waals surface area (Å²) in [4.78, 5) is 14.5. The predicted molar refractivity (Wildman–Crippen MR) is 109 cm³/mol. The van der Waals surface area contributed by atoms with Crippen LogP contribution in [-0.4, -0.2) is 33.8 Å². The summed E-state index contributed by atoms with van der Waals surface area (Å²) in [6, 6.07) is 14.2. The van der Waals surface area contributed by atoms with Gasteiger partial charge in [-0.1, -0.05) is 48.5 Å². The van der Waals surface area contributed by atoms with Crippen molar-refractivity contribution in [1.82, 2.24) is 4.90 Å². The van der Waals surface area contributed by atoms with Gasteiger partial charge in [-0.2, -0.15) is 13.2 Å². The Bertz CT molecular complexity index is 902. The molecule has 0 radical (unpaired) electrons. The molecule has 2 aromatic rings. The molecular formula is C24H26F3NO3. The third-order valence-corrected chi connectivity index (χ3v) is 6.30. The Morgan fingerprint density at radius 1 is 1.03 bits per heavy atom. The number of amides is 1. The highest BCUT2D eigenvalue weighted by atomic mass is 19.4. The lowest BCUT2D eigenvalue weighted by Gasteiger charge is -2.51. The van der Waals surface area contributed by atoms with Gasteiger partial charge in [0.2, 0.25) is 0 Å². The van der Waals surface area contributed by atoms with Crippen molar-refractivity contribution in [3.05, 3.63) is 71.3 Å². The van der Waals surface area contributed by atoms with Crippen molar-refractivity contribution in [3.8, 4) is 0 Å². The molecule has 0 aromatic heterocycles. The molecule has 2 aliphatic rings. The van der Waals surface area contributed by atoms with Crippen molar-refractivity contribution in [1.29, 1.82) is 0 Å². The number of hydrogen-bond donors (Lipinski definition) is 1. The van der Waals surface area contributed by atoms with Crippen molar-refractivity contribution >= 4 is 6.09 Å². The second-order valence-electron chi connectivity index (χ2n) is 8.69. The molecule has 2 bridgehead atoms. The summed E-state index contributed by atoms with van der Waals surface area (Å²) in [5, 5.41) is 11.3. The minimum absolute atomic E-state index is 0.136. The van der Waals surface area contributed by atoms with E-state index >= 15 is 0 Å². The Balaban J connectivity index is 1.44. The van der Waals surface area contributed by atoms with Crippen molar-refractivity contribution in [3.63, 3.8) is 0 Å². The molecule has 31 heavy (non-hydrogen) atoms. The zero-order chi connectivity index (χ0) is 22.1. The van der Waals surface area contributed by atoms with Crippen molar-refractivity contribution in [2.45, 2.75) is 69.0 Å². The number of alkyl halides is 3. The number of hydrogen-bond acceptors (Lipinski definition) is 3. The number of piperidine rings is 2. The van der Waals surface area contributed by atoms with Crippen molar-refractivity contribution < 1.29 is 27.8 Å². The Kier molecular flexibility index (Phi) is 5.97. The molecule has 1 amide bonds. The Labute approximate surface area is 179 Å². The molecule has 2 saturated heterocycles. The van der Waals surface area contributed by atoms with Gasteiger partial charge in [-0.15, -0.1) is 0 Å². The van der Waals surface area contributed by atoms with Gasteiger partial charge in [0.05, 0.1) is 11.2 Å². The molecule has 0 spiro atoms. The van der Waals surface area contributed by atoms with Gasteiger partial charge in [0.15, 0.2) is 0 Å². The Hall–Kier alpha value is -2.54. The molecule has 2 aromatic carbocycles. The quantitative estimate of drug-likeness (QED) is 0.709. The van der Waals surface area contributed by atoms with Crippen LogP contribution in [0, 0.1) is 0 Å². The summed E-state index contributed by atoms with van der Waals surface area (Å²) < 4.78 is 44.7. The van der Waals surface area contributed by atoms with Gasteiger partial charge in [-0.3, -0.25) is 0 Å². The maximum absolute atomic E-state index is 13.0. The molecule has 2 atom stereocenters. The summed E-state index contributed by atoms with van der Waals surface area (Å²) in [6.07, 6.45) is -1.54. The molecule has 4 nitrogen and oxygen atoms in total.